The zero-order valence-electron chi connectivity index (χ0n) is 11.0. The van der Waals surface area contributed by atoms with Gasteiger partial charge in [-0.2, -0.15) is 0 Å². The summed E-state index contributed by atoms with van der Waals surface area (Å²) in [7, 11) is 0. The Balaban J connectivity index is 1.73. The zero-order chi connectivity index (χ0) is 12.3. The molecule has 4 heteroatoms. The number of rotatable bonds is 4. The van der Waals surface area contributed by atoms with Crippen LogP contribution in [0.3, 0.4) is 0 Å². The molecule has 0 atom stereocenters. The van der Waals surface area contributed by atoms with Crippen LogP contribution in [0.2, 0.25) is 0 Å². The van der Waals surface area contributed by atoms with Gasteiger partial charge in [-0.3, -0.25) is 9.69 Å². The molecule has 2 saturated heterocycles. The lowest BCUT2D eigenvalue weighted by molar-refractivity contribution is -0.136. The van der Waals surface area contributed by atoms with Crippen LogP contribution in [0.25, 0.3) is 0 Å². The first kappa shape index (κ1) is 12.8. The van der Waals surface area contributed by atoms with Crippen molar-refractivity contribution in [3.05, 3.63) is 0 Å². The average molecular weight is 239 g/mol. The normalized spacial score (nSPS) is 23.8. The fourth-order valence-electron chi connectivity index (χ4n) is 3.06. The van der Waals surface area contributed by atoms with Gasteiger partial charge in [-0.1, -0.05) is 13.3 Å². The van der Waals surface area contributed by atoms with Gasteiger partial charge in [-0.25, -0.2) is 0 Å². The van der Waals surface area contributed by atoms with E-state index < -0.39 is 0 Å². The highest BCUT2D eigenvalue weighted by Crippen LogP contribution is 2.39. The second kappa shape index (κ2) is 5.36. The van der Waals surface area contributed by atoms with Crippen LogP contribution >= 0.6 is 0 Å². The molecule has 0 saturated carbocycles. The molecular weight excluding hydrogens is 214 g/mol. The lowest BCUT2D eigenvalue weighted by Crippen LogP contribution is -2.61. The molecule has 0 radical (unpaired) electrons. The number of nitrogens with zero attached hydrogens (tertiary/aromatic N) is 2. The van der Waals surface area contributed by atoms with Gasteiger partial charge in [0, 0.05) is 39.3 Å². The molecule has 0 unspecified atom stereocenters. The molecule has 2 aliphatic heterocycles. The van der Waals surface area contributed by atoms with Gasteiger partial charge in [0.25, 0.3) is 0 Å². The van der Waals surface area contributed by atoms with E-state index >= 15 is 0 Å². The van der Waals surface area contributed by atoms with Crippen molar-refractivity contribution in [2.24, 2.45) is 11.1 Å². The Kier molecular flexibility index (Phi) is 4.05. The maximum atomic E-state index is 11.9. The molecule has 0 aromatic carbocycles. The van der Waals surface area contributed by atoms with E-state index in [1.54, 1.807) is 0 Å². The summed E-state index contributed by atoms with van der Waals surface area (Å²) in [5.41, 5.74) is 6.10. The summed E-state index contributed by atoms with van der Waals surface area (Å²) in [6.07, 6.45) is 5.21. The fraction of sp³-hybridized carbons (Fsp3) is 0.923. The van der Waals surface area contributed by atoms with E-state index in [4.69, 9.17) is 5.73 Å². The van der Waals surface area contributed by atoms with Crippen LogP contribution in [0.1, 0.15) is 39.0 Å². The second-order valence-corrected chi connectivity index (χ2v) is 5.65. The minimum absolute atomic E-state index is 0.358. The van der Waals surface area contributed by atoms with E-state index in [9.17, 15) is 4.79 Å². The number of unbranched alkanes of at least 4 members (excludes halogenated alkanes) is 1. The van der Waals surface area contributed by atoms with E-state index in [1.807, 2.05) is 0 Å². The Morgan fingerprint density at radius 2 is 1.94 bits per heavy atom. The maximum absolute atomic E-state index is 11.9. The third-order valence-corrected chi connectivity index (χ3v) is 4.30. The molecule has 2 fully saturated rings. The van der Waals surface area contributed by atoms with Crippen molar-refractivity contribution in [2.45, 2.75) is 39.0 Å². The predicted molar refractivity (Wildman–Crippen MR) is 68.4 cm³/mol. The van der Waals surface area contributed by atoms with Gasteiger partial charge in [-0.15, -0.1) is 0 Å². The van der Waals surface area contributed by atoms with E-state index in [-0.39, 0.29) is 0 Å². The molecule has 98 valence electrons. The lowest BCUT2D eigenvalue weighted by atomic mass is 9.72. The third kappa shape index (κ3) is 2.80. The SMILES string of the molecule is CCCCC(=O)N1CCC2(CC1)CN(CN)C2. The average Bonchev–Trinajstić information content (AvgIpc) is 2.33. The highest BCUT2D eigenvalue weighted by molar-refractivity contribution is 5.76. The minimum atomic E-state index is 0.358. The number of likely N-dealkylation sites (tertiary alicyclic amines) is 2. The summed E-state index contributed by atoms with van der Waals surface area (Å²) < 4.78 is 0. The molecule has 0 bridgehead atoms. The lowest BCUT2D eigenvalue weighted by Gasteiger charge is -2.53. The monoisotopic (exact) mass is 239 g/mol. The molecule has 2 heterocycles. The smallest absolute Gasteiger partial charge is 0.222 e. The molecule has 2 aliphatic rings. The van der Waals surface area contributed by atoms with Gasteiger partial charge in [0.2, 0.25) is 5.91 Å². The number of piperidine rings is 1. The molecule has 0 aromatic rings. The third-order valence-electron chi connectivity index (χ3n) is 4.30. The van der Waals surface area contributed by atoms with Gasteiger partial charge in [0.15, 0.2) is 0 Å². The van der Waals surface area contributed by atoms with Gasteiger partial charge >= 0.3 is 0 Å². The number of hydrogen-bond acceptors (Lipinski definition) is 3. The summed E-state index contributed by atoms with van der Waals surface area (Å²) in [5.74, 6) is 0.358. The summed E-state index contributed by atoms with van der Waals surface area (Å²) in [6.45, 7) is 7.01. The Morgan fingerprint density at radius 1 is 1.29 bits per heavy atom. The fourth-order valence-corrected chi connectivity index (χ4v) is 3.06. The molecule has 1 amide bonds. The number of carbonyl (C=O) groups excluding carboxylic acids is 1. The summed E-state index contributed by atoms with van der Waals surface area (Å²) in [4.78, 5) is 16.2. The van der Waals surface area contributed by atoms with E-state index in [0.29, 0.717) is 18.0 Å². The summed E-state index contributed by atoms with van der Waals surface area (Å²) >= 11 is 0. The quantitative estimate of drug-likeness (QED) is 0.797. The highest BCUT2D eigenvalue weighted by Gasteiger charge is 2.44. The Morgan fingerprint density at radius 3 is 2.47 bits per heavy atom. The molecule has 2 N–H and O–H groups in total. The number of carbonyl (C=O) groups is 1. The molecule has 0 aliphatic carbocycles. The van der Waals surface area contributed by atoms with E-state index in [2.05, 4.69) is 16.7 Å². The van der Waals surface area contributed by atoms with E-state index in [1.165, 1.54) is 12.8 Å². The number of nitrogens with two attached hydrogens (primary N) is 1. The van der Waals surface area contributed by atoms with Crippen molar-refractivity contribution >= 4 is 5.91 Å². The van der Waals surface area contributed by atoms with Crippen LogP contribution in [0, 0.1) is 5.41 Å². The maximum Gasteiger partial charge on any atom is 0.222 e. The second-order valence-electron chi connectivity index (χ2n) is 5.65. The molecule has 2 rings (SSSR count). The first-order valence-electron chi connectivity index (χ1n) is 6.89. The predicted octanol–water partition coefficient (Wildman–Crippen LogP) is 1.02. The van der Waals surface area contributed by atoms with Crippen LogP contribution in [0.4, 0.5) is 0 Å². The van der Waals surface area contributed by atoms with Crippen LogP contribution < -0.4 is 5.73 Å². The van der Waals surface area contributed by atoms with Gasteiger partial charge in [0.05, 0.1) is 0 Å². The van der Waals surface area contributed by atoms with Crippen molar-refractivity contribution < 1.29 is 4.79 Å². The molecule has 0 aromatic heterocycles. The van der Waals surface area contributed by atoms with Gasteiger partial charge in [0.1, 0.15) is 0 Å². The van der Waals surface area contributed by atoms with Gasteiger partial charge in [-0.05, 0) is 24.7 Å². The molecule has 1 spiro atoms. The van der Waals surface area contributed by atoms with Crippen molar-refractivity contribution in [2.75, 3.05) is 32.8 Å². The van der Waals surface area contributed by atoms with Crippen molar-refractivity contribution in [3.8, 4) is 0 Å². The van der Waals surface area contributed by atoms with Crippen molar-refractivity contribution in [1.82, 2.24) is 9.80 Å². The highest BCUT2D eigenvalue weighted by atomic mass is 16.2. The topological polar surface area (TPSA) is 49.6 Å². The molecule has 4 nitrogen and oxygen atoms in total. The van der Waals surface area contributed by atoms with Gasteiger partial charge < -0.3 is 10.6 Å². The zero-order valence-corrected chi connectivity index (χ0v) is 11.0. The first-order valence-corrected chi connectivity index (χ1v) is 6.89. The van der Waals surface area contributed by atoms with Crippen molar-refractivity contribution in [1.29, 1.82) is 0 Å². The Labute approximate surface area is 104 Å². The molecular formula is C13H25N3O. The largest absolute Gasteiger partial charge is 0.343 e. The Bertz CT molecular complexity index is 264. The Hall–Kier alpha value is -0.610. The summed E-state index contributed by atoms with van der Waals surface area (Å²) in [6, 6.07) is 0. The van der Waals surface area contributed by atoms with Crippen LogP contribution in [-0.2, 0) is 4.79 Å². The van der Waals surface area contributed by atoms with Crippen LogP contribution in [0.5, 0.6) is 0 Å². The first-order chi connectivity index (χ1) is 8.19. The van der Waals surface area contributed by atoms with Crippen molar-refractivity contribution in [3.63, 3.8) is 0 Å². The van der Waals surface area contributed by atoms with E-state index in [0.717, 1.165) is 45.4 Å². The number of hydrogen-bond donors (Lipinski definition) is 1. The summed E-state index contributed by atoms with van der Waals surface area (Å²) in [5, 5.41) is 0. The minimum Gasteiger partial charge on any atom is -0.343 e. The van der Waals surface area contributed by atoms with Crippen LogP contribution in [-0.4, -0.2) is 48.6 Å². The standard InChI is InChI=1S/C13H25N3O/c1-2-3-4-12(17)16-7-5-13(6-8-16)9-15(10-13)11-14/h2-11,14H2,1H3. The number of amides is 1. The molecule has 17 heavy (non-hydrogen) atoms. The van der Waals surface area contributed by atoms with Crippen LogP contribution in [0.15, 0.2) is 0 Å².